The van der Waals surface area contributed by atoms with Crippen LogP contribution in [0.15, 0.2) is 74.7 Å². The van der Waals surface area contributed by atoms with Gasteiger partial charge in [-0.2, -0.15) is 0 Å². The summed E-state index contributed by atoms with van der Waals surface area (Å²) in [6.07, 6.45) is 1.53. The molecule has 0 spiro atoms. The number of aryl methyl sites for hydroxylation is 1. The van der Waals surface area contributed by atoms with Gasteiger partial charge in [0.05, 0.1) is 12.0 Å². The van der Waals surface area contributed by atoms with E-state index < -0.39 is 0 Å². The van der Waals surface area contributed by atoms with Crippen molar-refractivity contribution in [2.45, 2.75) is 6.92 Å². The monoisotopic (exact) mass is 402 g/mol. The van der Waals surface area contributed by atoms with Crippen LogP contribution in [0.5, 0.6) is 0 Å². The van der Waals surface area contributed by atoms with Crippen LogP contribution in [-0.4, -0.2) is 22.1 Å². The van der Waals surface area contributed by atoms with Gasteiger partial charge in [-0.05, 0) is 55.0 Å². The van der Waals surface area contributed by atoms with E-state index in [1.54, 1.807) is 54.6 Å². The van der Waals surface area contributed by atoms with Crippen LogP contribution in [0.1, 0.15) is 15.9 Å². The Morgan fingerprint density at radius 3 is 2.63 bits per heavy atom. The van der Waals surface area contributed by atoms with Crippen LogP contribution < -0.4 is 16.8 Å². The number of amides is 1. The Balaban J connectivity index is 1.55. The Labute approximate surface area is 171 Å². The molecule has 2 heterocycles. The van der Waals surface area contributed by atoms with Crippen molar-refractivity contribution in [3.8, 4) is 23.1 Å². The molecule has 30 heavy (non-hydrogen) atoms. The first-order valence-electron chi connectivity index (χ1n) is 8.99. The molecule has 150 valence electrons. The normalized spacial score (nSPS) is 10.6. The molecule has 0 radical (unpaired) electrons. The van der Waals surface area contributed by atoms with Gasteiger partial charge in [-0.1, -0.05) is 12.1 Å². The van der Waals surface area contributed by atoms with Crippen LogP contribution in [0.3, 0.4) is 0 Å². The summed E-state index contributed by atoms with van der Waals surface area (Å²) in [6.45, 7) is 1.86. The SMILES string of the molecule is Cc1ccc(C(=O)Nc2cccc(-c3nnc(-c4ccco4)o3)c2)cc1N=C(N)N. The zero-order chi connectivity index (χ0) is 21.1. The van der Waals surface area contributed by atoms with E-state index in [1.165, 1.54) is 6.26 Å². The van der Waals surface area contributed by atoms with Gasteiger partial charge in [0.1, 0.15) is 0 Å². The Hall–Kier alpha value is -4.40. The van der Waals surface area contributed by atoms with Crippen molar-refractivity contribution in [1.29, 1.82) is 0 Å². The molecule has 0 saturated carbocycles. The van der Waals surface area contributed by atoms with Gasteiger partial charge >= 0.3 is 0 Å². The van der Waals surface area contributed by atoms with Crippen molar-refractivity contribution < 1.29 is 13.6 Å². The second kappa shape index (κ2) is 7.92. The smallest absolute Gasteiger partial charge is 0.283 e. The second-order valence-corrected chi connectivity index (χ2v) is 6.46. The summed E-state index contributed by atoms with van der Waals surface area (Å²) in [5.41, 5.74) is 13.9. The third-order valence-corrected chi connectivity index (χ3v) is 4.25. The maximum absolute atomic E-state index is 12.7. The zero-order valence-electron chi connectivity index (χ0n) is 16.0. The lowest BCUT2D eigenvalue weighted by Crippen LogP contribution is -2.22. The van der Waals surface area contributed by atoms with E-state index in [-0.39, 0.29) is 17.8 Å². The number of rotatable bonds is 5. The zero-order valence-corrected chi connectivity index (χ0v) is 16.0. The predicted octanol–water partition coefficient (Wildman–Crippen LogP) is 3.46. The van der Waals surface area contributed by atoms with Crippen molar-refractivity contribution >= 4 is 23.2 Å². The van der Waals surface area contributed by atoms with Crippen LogP contribution in [-0.2, 0) is 0 Å². The minimum atomic E-state index is -0.305. The van der Waals surface area contributed by atoms with Crippen LogP contribution in [0.2, 0.25) is 0 Å². The molecule has 0 saturated heterocycles. The van der Waals surface area contributed by atoms with Gasteiger partial charge in [0.2, 0.25) is 5.89 Å². The standard InChI is InChI=1S/C21H18N6O3/c1-12-7-8-13(11-16(12)25-21(22)23)18(28)24-15-5-2-4-14(10-15)19-26-27-20(30-19)17-6-3-9-29-17/h2-11H,1H3,(H,24,28)(H4,22,23,25). The highest BCUT2D eigenvalue weighted by atomic mass is 16.4. The molecule has 1 amide bonds. The van der Waals surface area contributed by atoms with E-state index in [0.29, 0.717) is 34.2 Å². The molecule has 0 atom stereocenters. The number of carbonyl (C=O) groups excluding carboxylic acids is 1. The number of furan rings is 1. The van der Waals surface area contributed by atoms with Crippen molar-refractivity contribution in [3.05, 3.63) is 72.0 Å². The minimum Gasteiger partial charge on any atom is -0.459 e. The predicted molar refractivity (Wildman–Crippen MR) is 112 cm³/mol. The van der Waals surface area contributed by atoms with E-state index in [4.69, 9.17) is 20.3 Å². The molecule has 9 nitrogen and oxygen atoms in total. The fourth-order valence-corrected chi connectivity index (χ4v) is 2.78. The molecule has 0 aliphatic heterocycles. The molecule has 5 N–H and O–H groups in total. The number of nitrogens with one attached hydrogen (secondary N) is 1. The number of nitrogens with two attached hydrogens (primary N) is 2. The topological polar surface area (TPSA) is 146 Å². The summed E-state index contributed by atoms with van der Waals surface area (Å²) in [6, 6.07) is 15.7. The lowest BCUT2D eigenvalue weighted by molar-refractivity contribution is 0.102. The van der Waals surface area contributed by atoms with Crippen LogP contribution in [0, 0.1) is 6.92 Å². The fourth-order valence-electron chi connectivity index (χ4n) is 2.78. The van der Waals surface area contributed by atoms with E-state index in [2.05, 4.69) is 20.5 Å². The first-order valence-corrected chi connectivity index (χ1v) is 8.99. The molecular formula is C21H18N6O3. The highest BCUT2D eigenvalue weighted by Crippen LogP contribution is 2.26. The van der Waals surface area contributed by atoms with E-state index in [1.807, 2.05) is 6.92 Å². The maximum Gasteiger partial charge on any atom is 0.283 e. The summed E-state index contributed by atoms with van der Waals surface area (Å²) in [4.78, 5) is 16.7. The number of hydrogen-bond donors (Lipinski definition) is 3. The van der Waals surface area contributed by atoms with Gasteiger partial charge < -0.3 is 25.6 Å². The number of guanidine groups is 1. The fraction of sp³-hybridized carbons (Fsp3) is 0.0476. The Bertz CT molecular complexity index is 1220. The summed E-state index contributed by atoms with van der Waals surface area (Å²) in [5, 5.41) is 10.9. The molecule has 2 aromatic heterocycles. The number of anilines is 1. The molecule has 0 unspecified atom stereocenters. The van der Waals surface area contributed by atoms with Crippen molar-refractivity contribution in [2.75, 3.05) is 5.32 Å². The van der Waals surface area contributed by atoms with Gasteiger partial charge in [-0.15, -0.1) is 10.2 Å². The number of aromatic nitrogens is 2. The minimum absolute atomic E-state index is 0.0724. The van der Waals surface area contributed by atoms with Crippen LogP contribution in [0.4, 0.5) is 11.4 Å². The molecule has 0 aliphatic carbocycles. The quantitative estimate of drug-likeness (QED) is 0.342. The van der Waals surface area contributed by atoms with Crippen molar-refractivity contribution in [3.63, 3.8) is 0 Å². The molecular weight excluding hydrogens is 384 g/mol. The second-order valence-electron chi connectivity index (χ2n) is 6.46. The molecule has 2 aromatic carbocycles. The maximum atomic E-state index is 12.7. The number of nitrogens with zero attached hydrogens (tertiary/aromatic N) is 3. The average Bonchev–Trinajstić information content (AvgIpc) is 3.41. The van der Waals surface area contributed by atoms with Crippen molar-refractivity contribution in [1.82, 2.24) is 10.2 Å². The first-order chi connectivity index (χ1) is 14.5. The van der Waals surface area contributed by atoms with E-state index in [9.17, 15) is 4.79 Å². The number of hydrogen-bond acceptors (Lipinski definition) is 6. The highest BCUT2D eigenvalue weighted by Gasteiger charge is 2.14. The van der Waals surface area contributed by atoms with Gasteiger partial charge in [0.25, 0.3) is 11.8 Å². The number of aliphatic imine (C=N–C) groups is 1. The van der Waals surface area contributed by atoms with Gasteiger partial charge in [-0.3, -0.25) is 4.79 Å². The van der Waals surface area contributed by atoms with E-state index >= 15 is 0 Å². The third kappa shape index (κ3) is 4.04. The lowest BCUT2D eigenvalue weighted by Gasteiger charge is -2.08. The highest BCUT2D eigenvalue weighted by molar-refractivity contribution is 6.05. The molecule has 4 aromatic rings. The third-order valence-electron chi connectivity index (χ3n) is 4.25. The van der Waals surface area contributed by atoms with Crippen molar-refractivity contribution in [2.24, 2.45) is 16.5 Å². The van der Waals surface area contributed by atoms with E-state index in [0.717, 1.165) is 5.56 Å². The molecule has 9 heteroatoms. The van der Waals surface area contributed by atoms with Crippen LogP contribution >= 0.6 is 0 Å². The first kappa shape index (κ1) is 18.9. The molecule has 0 aliphatic rings. The molecule has 0 bridgehead atoms. The Kier molecular flexibility index (Phi) is 5.00. The summed E-state index contributed by atoms with van der Waals surface area (Å²) in [5.74, 6) is 0.686. The van der Waals surface area contributed by atoms with Gasteiger partial charge in [-0.25, -0.2) is 4.99 Å². The van der Waals surface area contributed by atoms with Gasteiger partial charge in [0, 0.05) is 16.8 Å². The lowest BCUT2D eigenvalue weighted by atomic mass is 10.1. The summed E-state index contributed by atoms with van der Waals surface area (Å²) >= 11 is 0. The summed E-state index contributed by atoms with van der Waals surface area (Å²) in [7, 11) is 0. The number of carbonyl (C=O) groups is 1. The molecule has 4 rings (SSSR count). The molecule has 0 fully saturated rings. The largest absolute Gasteiger partial charge is 0.459 e. The Morgan fingerprint density at radius 2 is 1.87 bits per heavy atom. The summed E-state index contributed by atoms with van der Waals surface area (Å²) < 4.78 is 10.9. The van der Waals surface area contributed by atoms with Crippen LogP contribution in [0.25, 0.3) is 23.1 Å². The Morgan fingerprint density at radius 1 is 1.03 bits per heavy atom. The average molecular weight is 402 g/mol. The number of benzene rings is 2. The van der Waals surface area contributed by atoms with Gasteiger partial charge in [0.15, 0.2) is 11.7 Å².